The number of H-pyrrole nitrogens is 1. The zero-order chi connectivity index (χ0) is 28.9. The van der Waals surface area contributed by atoms with Gasteiger partial charge in [0, 0.05) is 30.4 Å². The first kappa shape index (κ1) is 28.6. The zero-order valence-electron chi connectivity index (χ0n) is 20.9. The van der Waals surface area contributed by atoms with Gasteiger partial charge >= 0.3 is 12.1 Å². The van der Waals surface area contributed by atoms with Crippen LogP contribution < -0.4 is 15.4 Å². The molecule has 0 amide bonds. The number of nitrogens with one attached hydrogen (secondary N) is 3. The van der Waals surface area contributed by atoms with Crippen molar-refractivity contribution in [3.05, 3.63) is 54.7 Å². The number of benzene rings is 2. The molecule has 3 heterocycles. The molecule has 0 saturated carbocycles. The summed E-state index contributed by atoms with van der Waals surface area (Å²) in [5.74, 6) is -0.571. The van der Waals surface area contributed by atoms with Crippen LogP contribution in [0.4, 0.5) is 36.4 Å². The lowest BCUT2D eigenvalue weighted by atomic mass is 10.2. The van der Waals surface area contributed by atoms with Gasteiger partial charge in [-0.25, -0.2) is 18.2 Å². The minimum absolute atomic E-state index is 0.251. The van der Waals surface area contributed by atoms with Gasteiger partial charge in [-0.3, -0.25) is 5.10 Å². The number of carbonyl (C=O) groups is 1. The number of hydrogen-bond acceptors (Lipinski definition) is 9. The summed E-state index contributed by atoms with van der Waals surface area (Å²) < 4.78 is 64.3. The Hall–Kier alpha value is -4.44. The van der Waals surface area contributed by atoms with Crippen molar-refractivity contribution in [2.24, 2.45) is 0 Å². The minimum atomic E-state index is -5.08. The molecule has 12 nitrogen and oxygen atoms in total. The van der Waals surface area contributed by atoms with Gasteiger partial charge in [0.15, 0.2) is 5.82 Å². The Bertz CT molecular complexity index is 1610. The van der Waals surface area contributed by atoms with Crippen LogP contribution in [0.25, 0.3) is 10.9 Å². The van der Waals surface area contributed by atoms with Crippen molar-refractivity contribution in [2.45, 2.75) is 23.9 Å². The topological polar surface area (TPSA) is 162 Å². The fourth-order valence-electron chi connectivity index (χ4n) is 3.77. The number of sulfonamides is 1. The Balaban J connectivity index is 0.000000470. The highest BCUT2D eigenvalue weighted by Gasteiger charge is 2.38. The lowest BCUT2D eigenvalue weighted by molar-refractivity contribution is -0.192. The fourth-order valence-corrected chi connectivity index (χ4v) is 5.33. The van der Waals surface area contributed by atoms with E-state index in [-0.39, 0.29) is 4.90 Å². The number of rotatable bonds is 7. The van der Waals surface area contributed by atoms with Crippen LogP contribution in [0.15, 0.2) is 59.6 Å². The molecule has 0 radical (unpaired) electrons. The van der Waals surface area contributed by atoms with Crippen LogP contribution in [0, 0.1) is 0 Å². The van der Waals surface area contributed by atoms with Gasteiger partial charge in [0.05, 0.1) is 17.5 Å². The summed E-state index contributed by atoms with van der Waals surface area (Å²) in [6.45, 7) is 1.12. The van der Waals surface area contributed by atoms with Crippen LogP contribution in [0.5, 0.6) is 5.75 Å². The fraction of sp³-hybridized carbons (Fsp3) is 0.250. The Morgan fingerprint density at radius 1 is 1.10 bits per heavy atom. The number of ether oxygens (including phenoxy) is 1. The Kier molecular flexibility index (Phi) is 8.39. The normalized spacial score (nSPS) is 13.9. The Labute approximate surface area is 226 Å². The third kappa shape index (κ3) is 6.76. The van der Waals surface area contributed by atoms with E-state index >= 15 is 0 Å². The average Bonchev–Trinajstić information content (AvgIpc) is 3.60. The molecule has 2 aromatic heterocycles. The summed E-state index contributed by atoms with van der Waals surface area (Å²) in [6, 6.07) is 14.0. The number of anilines is 4. The number of aromatic amines is 1. The molecule has 4 N–H and O–H groups in total. The zero-order valence-corrected chi connectivity index (χ0v) is 21.8. The van der Waals surface area contributed by atoms with E-state index in [2.05, 4.69) is 30.8 Å². The highest BCUT2D eigenvalue weighted by Crippen LogP contribution is 2.28. The van der Waals surface area contributed by atoms with E-state index in [0.717, 1.165) is 29.5 Å². The van der Waals surface area contributed by atoms with Crippen LogP contribution in [0.2, 0.25) is 0 Å². The van der Waals surface area contributed by atoms with E-state index in [1.807, 2.05) is 18.2 Å². The van der Waals surface area contributed by atoms with E-state index in [9.17, 15) is 21.6 Å². The first-order valence-electron chi connectivity index (χ1n) is 11.8. The van der Waals surface area contributed by atoms with Gasteiger partial charge in [-0.1, -0.05) is 6.07 Å². The molecule has 0 bridgehead atoms. The minimum Gasteiger partial charge on any atom is -0.497 e. The number of aromatic nitrogens is 4. The van der Waals surface area contributed by atoms with Crippen molar-refractivity contribution in [2.75, 3.05) is 30.8 Å². The smallest absolute Gasteiger partial charge is 0.490 e. The summed E-state index contributed by atoms with van der Waals surface area (Å²) in [7, 11) is -1.89. The average molecular weight is 580 g/mol. The quantitative estimate of drug-likeness (QED) is 0.249. The van der Waals surface area contributed by atoms with E-state index in [1.165, 1.54) is 4.31 Å². The Morgan fingerprint density at radius 2 is 1.82 bits per heavy atom. The van der Waals surface area contributed by atoms with Gasteiger partial charge in [0.1, 0.15) is 11.6 Å². The predicted molar refractivity (Wildman–Crippen MR) is 139 cm³/mol. The third-order valence-electron chi connectivity index (χ3n) is 5.71. The van der Waals surface area contributed by atoms with Gasteiger partial charge < -0.3 is 20.5 Å². The SMILES string of the molecule is COc1ccc2[nH]nc(Nc3ccnc(Nc4cccc(S(=O)(=O)N5CCCC5)c4)n3)c2c1.O=C(O)C(F)(F)F. The molecule has 1 aliphatic rings. The van der Waals surface area contributed by atoms with Gasteiger partial charge in [0.2, 0.25) is 16.0 Å². The second-order valence-corrected chi connectivity index (χ2v) is 10.4. The van der Waals surface area contributed by atoms with Crippen molar-refractivity contribution in [3.8, 4) is 5.75 Å². The largest absolute Gasteiger partial charge is 0.497 e. The monoisotopic (exact) mass is 579 g/mol. The second kappa shape index (κ2) is 11.7. The number of carboxylic acids is 1. The number of alkyl halides is 3. The molecule has 212 valence electrons. The number of aliphatic carboxylic acids is 1. The molecule has 4 aromatic rings. The van der Waals surface area contributed by atoms with Crippen molar-refractivity contribution >= 4 is 50.2 Å². The molecule has 2 aromatic carbocycles. The highest BCUT2D eigenvalue weighted by molar-refractivity contribution is 7.89. The Morgan fingerprint density at radius 3 is 2.50 bits per heavy atom. The predicted octanol–water partition coefficient (Wildman–Crippen LogP) is 4.27. The lowest BCUT2D eigenvalue weighted by Crippen LogP contribution is -2.27. The summed E-state index contributed by atoms with van der Waals surface area (Å²) >= 11 is 0. The standard InChI is InChI=1S/C22H23N7O3S.C2HF3O2/c1-32-16-7-8-19-18(14-16)21(28-27-19)25-20-9-10-23-22(26-20)24-15-5-4-6-17(13-15)33(30,31)29-11-2-3-12-29;3-2(4,5)1(6)7/h4-10,13-14H,2-3,11-12H2,1H3,(H3,23,24,25,26,27,28);(H,6,7). The molecule has 1 aliphatic heterocycles. The summed E-state index contributed by atoms with van der Waals surface area (Å²) in [5.41, 5.74) is 1.45. The van der Waals surface area contributed by atoms with Crippen LogP contribution in [0.1, 0.15) is 12.8 Å². The van der Waals surface area contributed by atoms with E-state index < -0.39 is 22.2 Å². The number of methoxy groups -OCH3 is 1. The first-order chi connectivity index (χ1) is 19.0. The van der Waals surface area contributed by atoms with Crippen LogP contribution >= 0.6 is 0 Å². The lowest BCUT2D eigenvalue weighted by Gasteiger charge is -2.16. The molecule has 0 aliphatic carbocycles. The molecule has 0 spiro atoms. The van der Waals surface area contributed by atoms with Gasteiger partial charge in [-0.15, -0.1) is 0 Å². The number of fused-ring (bicyclic) bond motifs is 1. The maximum Gasteiger partial charge on any atom is 0.490 e. The molecule has 1 fully saturated rings. The van der Waals surface area contributed by atoms with Crippen molar-refractivity contribution in [3.63, 3.8) is 0 Å². The maximum absolute atomic E-state index is 12.9. The molecular weight excluding hydrogens is 555 g/mol. The number of halogens is 3. The van der Waals surface area contributed by atoms with Crippen LogP contribution in [0.3, 0.4) is 0 Å². The maximum atomic E-state index is 12.9. The van der Waals surface area contributed by atoms with Gasteiger partial charge in [-0.05, 0) is 55.3 Å². The molecule has 5 rings (SSSR count). The van der Waals surface area contributed by atoms with E-state index in [0.29, 0.717) is 36.4 Å². The second-order valence-electron chi connectivity index (χ2n) is 8.44. The van der Waals surface area contributed by atoms with Crippen molar-refractivity contribution < 1.29 is 36.2 Å². The van der Waals surface area contributed by atoms with Gasteiger partial charge in [-0.2, -0.15) is 27.6 Å². The van der Waals surface area contributed by atoms with Crippen molar-refractivity contribution in [1.29, 1.82) is 0 Å². The number of nitrogens with zero attached hydrogens (tertiary/aromatic N) is 4. The number of carboxylic acid groups (broad SMARTS) is 1. The molecule has 16 heteroatoms. The van der Waals surface area contributed by atoms with E-state index in [1.54, 1.807) is 43.6 Å². The molecule has 40 heavy (non-hydrogen) atoms. The third-order valence-corrected chi connectivity index (χ3v) is 7.60. The summed E-state index contributed by atoms with van der Waals surface area (Å²) in [5, 5.41) is 21.5. The van der Waals surface area contributed by atoms with Gasteiger partial charge in [0.25, 0.3) is 0 Å². The van der Waals surface area contributed by atoms with Crippen LogP contribution in [-0.4, -0.2) is 70.3 Å². The summed E-state index contributed by atoms with van der Waals surface area (Å²) in [4.78, 5) is 17.9. The highest BCUT2D eigenvalue weighted by atomic mass is 32.2. The molecule has 0 atom stereocenters. The number of hydrogen-bond donors (Lipinski definition) is 4. The van der Waals surface area contributed by atoms with Crippen molar-refractivity contribution in [1.82, 2.24) is 24.5 Å². The van der Waals surface area contributed by atoms with Crippen LogP contribution in [-0.2, 0) is 14.8 Å². The molecule has 1 saturated heterocycles. The molecular formula is C24H24F3N7O5S. The summed E-state index contributed by atoms with van der Waals surface area (Å²) in [6.07, 6.45) is -1.69. The molecule has 0 unspecified atom stereocenters. The van der Waals surface area contributed by atoms with E-state index in [4.69, 9.17) is 14.6 Å². The first-order valence-corrected chi connectivity index (χ1v) is 13.2.